The average Bonchev–Trinajstić information content (AvgIpc) is 3.01. The van der Waals surface area contributed by atoms with E-state index in [1.807, 2.05) is 42.5 Å². The van der Waals surface area contributed by atoms with E-state index in [-0.39, 0.29) is 6.03 Å². The number of rotatable bonds is 4. The van der Waals surface area contributed by atoms with Gasteiger partial charge >= 0.3 is 6.03 Å². The summed E-state index contributed by atoms with van der Waals surface area (Å²) in [7, 11) is 0. The van der Waals surface area contributed by atoms with Crippen LogP contribution in [0, 0.1) is 0 Å². The Morgan fingerprint density at radius 1 is 1.19 bits per heavy atom. The highest BCUT2D eigenvalue weighted by atomic mass is 16.2. The minimum Gasteiger partial charge on any atom is -0.338 e. The van der Waals surface area contributed by atoms with Crippen LogP contribution in [-0.2, 0) is 0 Å². The maximum atomic E-state index is 12.0. The van der Waals surface area contributed by atoms with E-state index in [2.05, 4.69) is 16.0 Å². The first-order valence-electron chi connectivity index (χ1n) is 7.59. The smallest absolute Gasteiger partial charge is 0.319 e. The van der Waals surface area contributed by atoms with Crippen LogP contribution in [0.15, 0.2) is 42.5 Å². The SMILES string of the molecule is O=C(NCCC1CCCN1)Nc1cccc2ccccc12. The molecule has 0 radical (unpaired) electrons. The Hall–Kier alpha value is -2.07. The average molecular weight is 283 g/mol. The zero-order valence-corrected chi connectivity index (χ0v) is 12.1. The monoisotopic (exact) mass is 283 g/mol. The number of hydrogen-bond donors (Lipinski definition) is 3. The van der Waals surface area contributed by atoms with Gasteiger partial charge in [-0.05, 0) is 37.3 Å². The summed E-state index contributed by atoms with van der Waals surface area (Å²) in [6, 6.07) is 14.4. The van der Waals surface area contributed by atoms with Crippen LogP contribution < -0.4 is 16.0 Å². The lowest BCUT2D eigenvalue weighted by molar-refractivity contribution is 0.251. The predicted molar refractivity (Wildman–Crippen MR) is 86.6 cm³/mol. The maximum absolute atomic E-state index is 12.0. The van der Waals surface area contributed by atoms with Crippen LogP contribution >= 0.6 is 0 Å². The van der Waals surface area contributed by atoms with Gasteiger partial charge in [0, 0.05) is 18.0 Å². The Kier molecular flexibility index (Phi) is 4.36. The van der Waals surface area contributed by atoms with Crippen LogP contribution in [0.2, 0.25) is 0 Å². The minimum absolute atomic E-state index is 0.135. The third kappa shape index (κ3) is 3.52. The number of urea groups is 1. The first-order valence-corrected chi connectivity index (χ1v) is 7.59. The fourth-order valence-corrected chi connectivity index (χ4v) is 2.86. The molecule has 0 bridgehead atoms. The minimum atomic E-state index is -0.135. The number of benzene rings is 2. The molecular formula is C17H21N3O. The lowest BCUT2D eigenvalue weighted by Gasteiger charge is -2.12. The Balaban J connectivity index is 1.56. The second-order valence-electron chi connectivity index (χ2n) is 5.49. The van der Waals surface area contributed by atoms with E-state index in [0.29, 0.717) is 12.6 Å². The fraction of sp³-hybridized carbons (Fsp3) is 0.353. The van der Waals surface area contributed by atoms with Gasteiger partial charge in [0.25, 0.3) is 0 Å². The summed E-state index contributed by atoms with van der Waals surface area (Å²) >= 11 is 0. The fourth-order valence-electron chi connectivity index (χ4n) is 2.86. The number of nitrogens with one attached hydrogen (secondary N) is 3. The summed E-state index contributed by atoms with van der Waals surface area (Å²) in [6.45, 7) is 1.81. The van der Waals surface area contributed by atoms with Gasteiger partial charge in [0.2, 0.25) is 0 Å². The molecule has 2 amide bonds. The molecule has 21 heavy (non-hydrogen) atoms. The third-order valence-electron chi connectivity index (χ3n) is 3.98. The third-order valence-corrected chi connectivity index (χ3v) is 3.98. The summed E-state index contributed by atoms with van der Waals surface area (Å²) < 4.78 is 0. The molecule has 0 aromatic heterocycles. The van der Waals surface area contributed by atoms with E-state index in [9.17, 15) is 4.79 Å². The highest BCUT2D eigenvalue weighted by Crippen LogP contribution is 2.22. The molecule has 3 N–H and O–H groups in total. The number of carbonyl (C=O) groups excluding carboxylic acids is 1. The van der Waals surface area contributed by atoms with Crippen LogP contribution in [0.4, 0.5) is 10.5 Å². The maximum Gasteiger partial charge on any atom is 0.319 e. The van der Waals surface area contributed by atoms with Gasteiger partial charge in [0.05, 0.1) is 5.69 Å². The van der Waals surface area contributed by atoms with Crippen molar-refractivity contribution in [3.8, 4) is 0 Å². The Bertz CT molecular complexity index is 615. The van der Waals surface area contributed by atoms with Crippen LogP contribution in [0.5, 0.6) is 0 Å². The summed E-state index contributed by atoms with van der Waals surface area (Å²) in [5, 5.41) is 11.5. The molecule has 4 heteroatoms. The lowest BCUT2D eigenvalue weighted by Crippen LogP contribution is -2.33. The Morgan fingerprint density at radius 2 is 2.05 bits per heavy atom. The largest absolute Gasteiger partial charge is 0.338 e. The molecule has 1 saturated heterocycles. The van der Waals surface area contributed by atoms with Crippen molar-refractivity contribution in [2.75, 3.05) is 18.4 Å². The van der Waals surface area contributed by atoms with Crippen molar-refractivity contribution >= 4 is 22.5 Å². The van der Waals surface area contributed by atoms with E-state index < -0.39 is 0 Å². The number of fused-ring (bicyclic) bond motifs is 1. The molecule has 1 fully saturated rings. The van der Waals surface area contributed by atoms with Crippen molar-refractivity contribution in [2.45, 2.75) is 25.3 Å². The predicted octanol–water partition coefficient (Wildman–Crippen LogP) is 3.10. The van der Waals surface area contributed by atoms with E-state index >= 15 is 0 Å². The van der Waals surface area contributed by atoms with E-state index in [4.69, 9.17) is 0 Å². The second kappa shape index (κ2) is 6.59. The van der Waals surface area contributed by atoms with Crippen molar-refractivity contribution in [1.82, 2.24) is 10.6 Å². The molecular weight excluding hydrogens is 262 g/mol. The van der Waals surface area contributed by atoms with Gasteiger partial charge in [-0.2, -0.15) is 0 Å². The molecule has 3 rings (SSSR count). The second-order valence-corrected chi connectivity index (χ2v) is 5.49. The van der Waals surface area contributed by atoms with E-state index in [0.717, 1.165) is 29.4 Å². The Labute approximate surface area is 124 Å². The molecule has 2 aromatic carbocycles. The van der Waals surface area contributed by atoms with Crippen LogP contribution in [-0.4, -0.2) is 25.2 Å². The highest BCUT2D eigenvalue weighted by Gasteiger charge is 2.13. The molecule has 4 nitrogen and oxygen atoms in total. The van der Waals surface area contributed by atoms with Gasteiger partial charge in [0.15, 0.2) is 0 Å². The van der Waals surface area contributed by atoms with Crippen LogP contribution in [0.1, 0.15) is 19.3 Å². The molecule has 1 heterocycles. The molecule has 0 aliphatic carbocycles. The van der Waals surface area contributed by atoms with Gasteiger partial charge in [-0.25, -0.2) is 4.79 Å². The van der Waals surface area contributed by atoms with Crippen molar-refractivity contribution in [2.24, 2.45) is 0 Å². The van der Waals surface area contributed by atoms with Gasteiger partial charge in [-0.1, -0.05) is 36.4 Å². The van der Waals surface area contributed by atoms with Gasteiger partial charge in [-0.3, -0.25) is 0 Å². The molecule has 0 spiro atoms. The number of anilines is 1. The molecule has 1 atom stereocenters. The van der Waals surface area contributed by atoms with E-state index in [1.54, 1.807) is 0 Å². The molecule has 1 aliphatic rings. The van der Waals surface area contributed by atoms with Crippen molar-refractivity contribution in [1.29, 1.82) is 0 Å². The zero-order valence-electron chi connectivity index (χ0n) is 12.1. The number of carbonyl (C=O) groups is 1. The lowest BCUT2D eigenvalue weighted by atomic mass is 10.1. The summed E-state index contributed by atoms with van der Waals surface area (Å²) in [4.78, 5) is 12.0. The first kappa shape index (κ1) is 13.9. The molecule has 110 valence electrons. The molecule has 2 aromatic rings. The summed E-state index contributed by atoms with van der Waals surface area (Å²) in [5.74, 6) is 0. The summed E-state index contributed by atoms with van der Waals surface area (Å²) in [5.41, 5.74) is 0.851. The van der Waals surface area contributed by atoms with Gasteiger partial charge in [0.1, 0.15) is 0 Å². The zero-order chi connectivity index (χ0) is 14.5. The highest BCUT2D eigenvalue weighted by molar-refractivity contribution is 6.01. The summed E-state index contributed by atoms with van der Waals surface area (Å²) in [6.07, 6.45) is 3.45. The first-order chi connectivity index (χ1) is 10.3. The van der Waals surface area contributed by atoms with Crippen molar-refractivity contribution in [3.63, 3.8) is 0 Å². The van der Waals surface area contributed by atoms with Crippen LogP contribution in [0.3, 0.4) is 0 Å². The van der Waals surface area contributed by atoms with Gasteiger partial charge in [-0.15, -0.1) is 0 Å². The number of hydrogen-bond acceptors (Lipinski definition) is 2. The van der Waals surface area contributed by atoms with Crippen LogP contribution in [0.25, 0.3) is 10.8 Å². The Morgan fingerprint density at radius 3 is 2.90 bits per heavy atom. The van der Waals surface area contributed by atoms with Gasteiger partial charge < -0.3 is 16.0 Å². The normalized spacial score (nSPS) is 17.8. The molecule has 1 aliphatic heterocycles. The van der Waals surface area contributed by atoms with Crippen molar-refractivity contribution < 1.29 is 4.79 Å². The van der Waals surface area contributed by atoms with E-state index in [1.165, 1.54) is 12.8 Å². The van der Waals surface area contributed by atoms with Crippen molar-refractivity contribution in [3.05, 3.63) is 42.5 Å². The molecule has 1 unspecified atom stereocenters. The topological polar surface area (TPSA) is 53.2 Å². The molecule has 0 saturated carbocycles. The quantitative estimate of drug-likeness (QED) is 0.807. The number of amides is 2. The standard InChI is InChI=1S/C17H21N3O/c21-17(19-12-10-14-7-4-11-18-14)20-16-9-3-6-13-5-1-2-8-15(13)16/h1-3,5-6,8-9,14,18H,4,7,10-12H2,(H2,19,20,21).